The molecule has 0 saturated heterocycles. The maximum absolute atomic E-state index is 11.0. The normalized spacial score (nSPS) is 9.87. The van der Waals surface area contributed by atoms with Crippen molar-refractivity contribution in [2.75, 3.05) is 13.7 Å². The Hall–Kier alpha value is -0.0700. The first kappa shape index (κ1) is 13.0. The van der Waals surface area contributed by atoms with Crippen LogP contribution in [0.15, 0.2) is 25.6 Å². The van der Waals surface area contributed by atoms with Crippen LogP contribution in [0, 0.1) is 0 Å². The van der Waals surface area contributed by atoms with Gasteiger partial charge >= 0.3 is 0 Å². The third-order valence-corrected chi connectivity index (χ3v) is 3.23. The second kappa shape index (κ2) is 5.86. The molecule has 0 unspecified atom stereocenters. The molecule has 1 amide bonds. The van der Waals surface area contributed by atoms with Gasteiger partial charge in [-0.25, -0.2) is 0 Å². The summed E-state index contributed by atoms with van der Waals surface area (Å²) in [7, 11) is 1.57. The molecule has 82 valence electrons. The second-order valence-corrected chi connectivity index (χ2v) is 5.28. The summed E-state index contributed by atoms with van der Waals surface area (Å²) in [6, 6.07) is 3.70. The molecule has 0 atom stereocenters. The Bertz CT molecular complexity index is 359. The lowest BCUT2D eigenvalue weighted by atomic mass is 10.3. The minimum atomic E-state index is -0.170. The van der Waals surface area contributed by atoms with Crippen molar-refractivity contribution in [2.24, 2.45) is 0 Å². The second-order valence-electron chi connectivity index (χ2n) is 2.66. The third-order valence-electron chi connectivity index (χ3n) is 1.59. The van der Waals surface area contributed by atoms with Crippen LogP contribution in [0.25, 0.3) is 0 Å². The van der Waals surface area contributed by atoms with Crippen LogP contribution < -0.4 is 10.1 Å². The van der Waals surface area contributed by atoms with Gasteiger partial charge in [0.05, 0.1) is 8.95 Å². The van der Waals surface area contributed by atoms with Crippen LogP contribution in [0.3, 0.4) is 0 Å². The maximum Gasteiger partial charge on any atom is 0.257 e. The van der Waals surface area contributed by atoms with Gasteiger partial charge < -0.3 is 10.1 Å². The van der Waals surface area contributed by atoms with E-state index in [1.807, 2.05) is 12.1 Å². The summed E-state index contributed by atoms with van der Waals surface area (Å²) in [5, 5.41) is 2.48. The van der Waals surface area contributed by atoms with E-state index in [-0.39, 0.29) is 12.5 Å². The first-order chi connectivity index (χ1) is 7.04. The van der Waals surface area contributed by atoms with E-state index in [0.29, 0.717) is 5.75 Å². The van der Waals surface area contributed by atoms with Crippen LogP contribution in [0.1, 0.15) is 0 Å². The number of hydrogen-bond acceptors (Lipinski definition) is 2. The zero-order valence-corrected chi connectivity index (χ0v) is 12.6. The number of benzene rings is 1. The summed E-state index contributed by atoms with van der Waals surface area (Å²) < 4.78 is 7.84. The highest BCUT2D eigenvalue weighted by atomic mass is 79.9. The van der Waals surface area contributed by atoms with Crippen molar-refractivity contribution in [2.45, 2.75) is 0 Å². The molecule has 6 heteroatoms. The molecular weight excluding hydrogens is 394 g/mol. The molecular formula is C9H8Br3NO2. The highest BCUT2D eigenvalue weighted by Gasteiger charge is 2.09. The van der Waals surface area contributed by atoms with Gasteiger partial charge in [0, 0.05) is 11.5 Å². The van der Waals surface area contributed by atoms with Crippen molar-refractivity contribution in [3.63, 3.8) is 0 Å². The molecule has 0 radical (unpaired) electrons. The lowest BCUT2D eigenvalue weighted by molar-refractivity contribution is -0.122. The molecule has 0 spiro atoms. The molecule has 0 saturated carbocycles. The molecule has 0 bridgehead atoms. The van der Waals surface area contributed by atoms with E-state index < -0.39 is 0 Å². The van der Waals surface area contributed by atoms with Gasteiger partial charge in [-0.2, -0.15) is 0 Å². The standard InChI is InChI=1S/C9H8Br3NO2/c1-13-8(14)4-15-9-6(11)2-5(10)3-7(9)12/h2-3H,4H2,1H3,(H,13,14). The Kier molecular flexibility index (Phi) is 5.08. The fraction of sp³-hybridized carbons (Fsp3) is 0.222. The summed E-state index contributed by atoms with van der Waals surface area (Å²) in [6.45, 7) is -0.00463. The van der Waals surface area contributed by atoms with Gasteiger partial charge in [-0.15, -0.1) is 0 Å². The molecule has 1 N–H and O–H groups in total. The van der Waals surface area contributed by atoms with Gasteiger partial charge in [0.1, 0.15) is 5.75 Å². The summed E-state index contributed by atoms with van der Waals surface area (Å²) in [4.78, 5) is 11.0. The van der Waals surface area contributed by atoms with Crippen LogP contribution in [-0.2, 0) is 4.79 Å². The molecule has 1 aromatic carbocycles. The van der Waals surface area contributed by atoms with Gasteiger partial charge in [0.15, 0.2) is 6.61 Å². The molecule has 1 rings (SSSR count). The van der Waals surface area contributed by atoms with Gasteiger partial charge in [-0.1, -0.05) is 15.9 Å². The predicted octanol–water partition coefficient (Wildman–Crippen LogP) is 3.10. The number of rotatable bonds is 3. The molecule has 0 aromatic heterocycles. The molecule has 0 aliphatic heterocycles. The quantitative estimate of drug-likeness (QED) is 0.845. The summed E-state index contributed by atoms with van der Waals surface area (Å²) in [6.07, 6.45) is 0. The minimum Gasteiger partial charge on any atom is -0.481 e. The molecule has 15 heavy (non-hydrogen) atoms. The third kappa shape index (κ3) is 3.77. The average molecular weight is 402 g/mol. The van der Waals surface area contributed by atoms with Crippen molar-refractivity contribution < 1.29 is 9.53 Å². The number of carbonyl (C=O) groups excluding carboxylic acids is 1. The van der Waals surface area contributed by atoms with Crippen molar-refractivity contribution in [3.05, 3.63) is 25.6 Å². The van der Waals surface area contributed by atoms with E-state index in [1.54, 1.807) is 7.05 Å². The van der Waals surface area contributed by atoms with Gasteiger partial charge in [-0.05, 0) is 44.0 Å². The van der Waals surface area contributed by atoms with Gasteiger partial charge in [0.25, 0.3) is 5.91 Å². The lowest BCUT2D eigenvalue weighted by Gasteiger charge is -2.09. The number of amides is 1. The lowest BCUT2D eigenvalue weighted by Crippen LogP contribution is -2.25. The zero-order chi connectivity index (χ0) is 11.4. The topological polar surface area (TPSA) is 38.3 Å². The molecule has 0 heterocycles. The molecule has 0 fully saturated rings. The minimum absolute atomic E-state index is 0.00463. The maximum atomic E-state index is 11.0. The summed E-state index contributed by atoms with van der Waals surface area (Å²) >= 11 is 10.1. The van der Waals surface area contributed by atoms with E-state index in [1.165, 1.54) is 0 Å². The Morgan fingerprint density at radius 2 is 1.87 bits per heavy atom. The van der Waals surface area contributed by atoms with Gasteiger partial charge in [-0.3, -0.25) is 4.79 Å². The highest BCUT2D eigenvalue weighted by Crippen LogP contribution is 2.36. The van der Waals surface area contributed by atoms with E-state index >= 15 is 0 Å². The van der Waals surface area contributed by atoms with E-state index in [0.717, 1.165) is 13.4 Å². The Balaban J connectivity index is 2.81. The van der Waals surface area contributed by atoms with Gasteiger partial charge in [0.2, 0.25) is 0 Å². The molecule has 0 aliphatic rings. The smallest absolute Gasteiger partial charge is 0.257 e. The molecule has 0 aliphatic carbocycles. The largest absolute Gasteiger partial charge is 0.481 e. The van der Waals surface area contributed by atoms with Crippen molar-refractivity contribution in [1.82, 2.24) is 5.32 Å². The van der Waals surface area contributed by atoms with Crippen molar-refractivity contribution in [1.29, 1.82) is 0 Å². The summed E-state index contributed by atoms with van der Waals surface area (Å²) in [5.41, 5.74) is 0. The first-order valence-corrected chi connectivity index (χ1v) is 6.40. The van der Waals surface area contributed by atoms with Crippen LogP contribution in [0.2, 0.25) is 0 Å². The zero-order valence-electron chi connectivity index (χ0n) is 7.81. The highest BCUT2D eigenvalue weighted by molar-refractivity contribution is 9.11. The monoisotopic (exact) mass is 399 g/mol. The Labute approximate surface area is 113 Å². The van der Waals surface area contributed by atoms with Crippen molar-refractivity contribution in [3.8, 4) is 5.75 Å². The Morgan fingerprint density at radius 1 is 1.33 bits per heavy atom. The van der Waals surface area contributed by atoms with Crippen molar-refractivity contribution >= 4 is 53.7 Å². The average Bonchev–Trinajstić information content (AvgIpc) is 2.15. The number of nitrogens with one attached hydrogen (secondary N) is 1. The number of ether oxygens (including phenoxy) is 1. The number of likely N-dealkylation sites (N-methyl/N-ethyl adjacent to an activating group) is 1. The molecule has 3 nitrogen and oxygen atoms in total. The van der Waals surface area contributed by atoms with E-state index in [4.69, 9.17) is 4.74 Å². The Morgan fingerprint density at radius 3 is 2.33 bits per heavy atom. The van der Waals surface area contributed by atoms with Crippen LogP contribution in [-0.4, -0.2) is 19.6 Å². The molecule has 1 aromatic rings. The number of hydrogen-bond donors (Lipinski definition) is 1. The van der Waals surface area contributed by atoms with Crippen LogP contribution in [0.4, 0.5) is 0 Å². The number of carbonyl (C=O) groups is 1. The fourth-order valence-electron chi connectivity index (χ4n) is 0.877. The SMILES string of the molecule is CNC(=O)COc1c(Br)cc(Br)cc1Br. The van der Waals surface area contributed by atoms with E-state index in [9.17, 15) is 4.79 Å². The van der Waals surface area contributed by atoms with Crippen LogP contribution in [0.5, 0.6) is 5.75 Å². The number of halogens is 3. The fourth-order valence-corrected chi connectivity index (χ4v) is 3.36. The predicted molar refractivity (Wildman–Crippen MR) is 69.1 cm³/mol. The first-order valence-electron chi connectivity index (χ1n) is 4.02. The van der Waals surface area contributed by atoms with E-state index in [2.05, 4.69) is 53.1 Å². The summed E-state index contributed by atoms with van der Waals surface area (Å²) in [5.74, 6) is 0.443. The van der Waals surface area contributed by atoms with Crippen LogP contribution >= 0.6 is 47.8 Å².